The molecule has 0 unspecified atom stereocenters. The molecule has 0 atom stereocenters. The second-order valence-electron chi connectivity index (χ2n) is 7.23. The first-order valence-electron chi connectivity index (χ1n) is 10.2. The molecule has 6 heteroatoms. The summed E-state index contributed by atoms with van der Waals surface area (Å²) in [6, 6.07) is 21.9. The summed E-state index contributed by atoms with van der Waals surface area (Å²) >= 11 is 0. The fraction of sp³-hybridized carbons (Fsp3) is 0.160. The molecule has 0 aliphatic heterocycles. The van der Waals surface area contributed by atoms with Crippen molar-refractivity contribution in [3.63, 3.8) is 0 Å². The van der Waals surface area contributed by atoms with Crippen molar-refractivity contribution in [1.82, 2.24) is 15.6 Å². The summed E-state index contributed by atoms with van der Waals surface area (Å²) in [5.41, 5.74) is 7.10. The van der Waals surface area contributed by atoms with E-state index in [1.165, 1.54) is 0 Å². The van der Waals surface area contributed by atoms with Gasteiger partial charge in [0.1, 0.15) is 11.4 Å². The van der Waals surface area contributed by atoms with Gasteiger partial charge in [0.15, 0.2) is 0 Å². The number of aromatic nitrogens is 2. The number of amides is 1. The van der Waals surface area contributed by atoms with Crippen molar-refractivity contribution >= 4 is 22.4 Å². The fourth-order valence-electron chi connectivity index (χ4n) is 3.45. The van der Waals surface area contributed by atoms with Gasteiger partial charge in [-0.05, 0) is 67.4 Å². The molecule has 31 heavy (non-hydrogen) atoms. The zero-order valence-corrected chi connectivity index (χ0v) is 17.8. The van der Waals surface area contributed by atoms with E-state index in [1.807, 2.05) is 69.3 Å². The Bertz CT molecular complexity index is 1260. The minimum absolute atomic E-state index is 0.331. The molecule has 1 aromatic heterocycles. The molecule has 0 radical (unpaired) electrons. The van der Waals surface area contributed by atoms with E-state index in [4.69, 9.17) is 4.74 Å². The maximum absolute atomic E-state index is 12.7. The number of hydrogen-bond acceptors (Lipinski definition) is 4. The van der Waals surface area contributed by atoms with Crippen LogP contribution in [0, 0.1) is 6.92 Å². The van der Waals surface area contributed by atoms with E-state index in [-0.39, 0.29) is 5.91 Å². The summed E-state index contributed by atoms with van der Waals surface area (Å²) in [7, 11) is 0. The van der Waals surface area contributed by atoms with Gasteiger partial charge in [0.2, 0.25) is 0 Å². The second kappa shape index (κ2) is 8.83. The van der Waals surface area contributed by atoms with Gasteiger partial charge in [0, 0.05) is 11.1 Å². The number of nitrogens with one attached hydrogen (secondary N) is 2. The molecule has 156 valence electrons. The van der Waals surface area contributed by atoms with Gasteiger partial charge in [-0.3, -0.25) is 9.89 Å². The van der Waals surface area contributed by atoms with Crippen LogP contribution in [0.3, 0.4) is 0 Å². The van der Waals surface area contributed by atoms with Crippen molar-refractivity contribution in [1.29, 1.82) is 0 Å². The molecule has 0 aliphatic carbocycles. The third-order valence-electron chi connectivity index (χ3n) is 5.17. The Labute approximate surface area is 181 Å². The Morgan fingerprint density at radius 3 is 2.55 bits per heavy atom. The normalized spacial score (nSPS) is 11.5. The molecule has 0 saturated heterocycles. The molecule has 4 rings (SSSR count). The number of aromatic amines is 1. The highest BCUT2D eigenvalue weighted by molar-refractivity contribution is 6.03. The van der Waals surface area contributed by atoms with Gasteiger partial charge in [-0.2, -0.15) is 10.2 Å². The minimum atomic E-state index is -0.331. The monoisotopic (exact) mass is 412 g/mol. The molecule has 0 bridgehead atoms. The molecular weight excluding hydrogens is 388 g/mol. The number of benzene rings is 3. The number of hydrogen-bond donors (Lipinski definition) is 2. The van der Waals surface area contributed by atoms with Gasteiger partial charge in [-0.25, -0.2) is 5.43 Å². The van der Waals surface area contributed by atoms with E-state index in [9.17, 15) is 4.79 Å². The van der Waals surface area contributed by atoms with Crippen LogP contribution in [-0.4, -0.2) is 28.4 Å². The smallest absolute Gasteiger partial charge is 0.289 e. The van der Waals surface area contributed by atoms with Crippen molar-refractivity contribution in [3.8, 4) is 17.0 Å². The lowest BCUT2D eigenvalue weighted by atomic mass is 10.0. The lowest BCUT2D eigenvalue weighted by molar-refractivity contribution is 0.0949. The van der Waals surface area contributed by atoms with E-state index in [2.05, 4.69) is 38.9 Å². The van der Waals surface area contributed by atoms with Crippen LogP contribution in [0.5, 0.6) is 5.75 Å². The second-order valence-corrected chi connectivity index (χ2v) is 7.23. The van der Waals surface area contributed by atoms with Crippen molar-refractivity contribution in [2.75, 3.05) is 6.61 Å². The lowest BCUT2D eigenvalue weighted by Gasteiger charge is -2.05. The predicted molar refractivity (Wildman–Crippen MR) is 124 cm³/mol. The number of hydrazone groups is 1. The molecule has 1 amide bonds. The number of ether oxygens (including phenoxy) is 1. The van der Waals surface area contributed by atoms with Crippen molar-refractivity contribution in [2.24, 2.45) is 5.10 Å². The zero-order valence-electron chi connectivity index (χ0n) is 17.8. The molecule has 2 N–H and O–H groups in total. The molecule has 0 fully saturated rings. The average molecular weight is 412 g/mol. The van der Waals surface area contributed by atoms with E-state index in [1.54, 1.807) is 0 Å². The first-order valence-corrected chi connectivity index (χ1v) is 10.2. The molecule has 3 aromatic carbocycles. The number of nitrogens with zero attached hydrogens (tertiary/aromatic N) is 2. The molecule has 0 saturated carbocycles. The van der Waals surface area contributed by atoms with Gasteiger partial charge < -0.3 is 4.74 Å². The van der Waals surface area contributed by atoms with Crippen molar-refractivity contribution < 1.29 is 9.53 Å². The molecule has 0 spiro atoms. The Hall–Kier alpha value is -3.93. The first kappa shape index (κ1) is 20.3. The Morgan fingerprint density at radius 1 is 1.06 bits per heavy atom. The largest absolute Gasteiger partial charge is 0.494 e. The van der Waals surface area contributed by atoms with Crippen molar-refractivity contribution in [2.45, 2.75) is 20.8 Å². The molecular formula is C25H24N4O2. The van der Waals surface area contributed by atoms with Gasteiger partial charge in [-0.1, -0.05) is 36.4 Å². The average Bonchev–Trinajstić information content (AvgIpc) is 3.19. The Morgan fingerprint density at radius 2 is 1.81 bits per heavy atom. The number of carbonyl (C=O) groups is 1. The number of H-pyrrole nitrogens is 1. The topological polar surface area (TPSA) is 79.4 Å². The number of fused-ring (bicyclic) bond motifs is 1. The van der Waals surface area contributed by atoms with E-state index in [0.29, 0.717) is 12.3 Å². The maximum Gasteiger partial charge on any atom is 0.289 e. The standard InChI is InChI=1S/C25H24N4O2/c1-4-31-22-13-11-19(12-14-22)23-16(2)24(28-27-23)25(30)29-26-17(3)20-10-9-18-7-5-6-8-21(18)15-20/h5-15H,4H2,1-3H3,(H,27,28)(H,29,30)/b26-17+. The summed E-state index contributed by atoms with van der Waals surface area (Å²) < 4.78 is 5.48. The highest BCUT2D eigenvalue weighted by Gasteiger charge is 2.17. The maximum atomic E-state index is 12.7. The minimum Gasteiger partial charge on any atom is -0.494 e. The number of carbonyl (C=O) groups excluding carboxylic acids is 1. The van der Waals surface area contributed by atoms with Crippen LogP contribution in [0.15, 0.2) is 71.8 Å². The van der Waals surface area contributed by atoms with Gasteiger partial charge in [0.05, 0.1) is 18.0 Å². The Kier molecular flexibility index (Phi) is 5.80. The fourth-order valence-corrected chi connectivity index (χ4v) is 3.45. The third-order valence-corrected chi connectivity index (χ3v) is 5.17. The van der Waals surface area contributed by atoms with Gasteiger partial charge >= 0.3 is 0 Å². The zero-order chi connectivity index (χ0) is 21.8. The summed E-state index contributed by atoms with van der Waals surface area (Å²) in [6.07, 6.45) is 0. The van der Waals surface area contributed by atoms with Crippen LogP contribution in [-0.2, 0) is 0 Å². The molecule has 4 aromatic rings. The molecule has 0 aliphatic rings. The SMILES string of the molecule is CCOc1ccc(-c2n[nH]c(C(=O)N/N=C(\C)c3ccc4ccccc4c3)c2C)cc1. The van der Waals surface area contributed by atoms with E-state index in [0.717, 1.165) is 44.6 Å². The van der Waals surface area contributed by atoms with Crippen LogP contribution < -0.4 is 10.2 Å². The number of rotatable bonds is 6. The summed E-state index contributed by atoms with van der Waals surface area (Å²) in [4.78, 5) is 12.7. The summed E-state index contributed by atoms with van der Waals surface area (Å²) in [5, 5.41) is 13.7. The molecule has 6 nitrogen and oxygen atoms in total. The third kappa shape index (κ3) is 4.33. The van der Waals surface area contributed by atoms with Crippen LogP contribution >= 0.6 is 0 Å². The van der Waals surface area contributed by atoms with Gasteiger partial charge in [0.25, 0.3) is 5.91 Å². The Balaban J connectivity index is 1.50. The highest BCUT2D eigenvalue weighted by Crippen LogP contribution is 2.25. The van der Waals surface area contributed by atoms with Gasteiger partial charge in [-0.15, -0.1) is 0 Å². The lowest BCUT2D eigenvalue weighted by Crippen LogP contribution is -2.20. The van der Waals surface area contributed by atoms with Crippen LogP contribution in [0.25, 0.3) is 22.0 Å². The predicted octanol–water partition coefficient (Wildman–Crippen LogP) is 5.09. The van der Waals surface area contributed by atoms with E-state index >= 15 is 0 Å². The highest BCUT2D eigenvalue weighted by atomic mass is 16.5. The summed E-state index contributed by atoms with van der Waals surface area (Å²) in [5.74, 6) is 0.471. The van der Waals surface area contributed by atoms with E-state index < -0.39 is 0 Å². The first-order chi connectivity index (χ1) is 15.1. The summed E-state index contributed by atoms with van der Waals surface area (Å²) in [6.45, 7) is 6.30. The molecule has 1 heterocycles. The van der Waals surface area contributed by atoms with Crippen LogP contribution in [0.1, 0.15) is 35.5 Å². The quantitative estimate of drug-likeness (QED) is 0.342. The van der Waals surface area contributed by atoms with Crippen molar-refractivity contribution in [3.05, 3.63) is 83.6 Å². The van der Waals surface area contributed by atoms with Crippen LogP contribution in [0.2, 0.25) is 0 Å². The van der Waals surface area contributed by atoms with Crippen LogP contribution in [0.4, 0.5) is 0 Å².